The molecule has 0 aliphatic rings. The highest BCUT2D eigenvalue weighted by Crippen LogP contribution is 2.34. The van der Waals surface area contributed by atoms with Gasteiger partial charge in [0.05, 0.1) is 5.69 Å². The van der Waals surface area contributed by atoms with Gasteiger partial charge < -0.3 is 14.6 Å². The van der Waals surface area contributed by atoms with Crippen molar-refractivity contribution in [1.29, 1.82) is 0 Å². The summed E-state index contributed by atoms with van der Waals surface area (Å²) < 4.78 is 3.01. The number of nitrogens with one attached hydrogen (secondary N) is 1. The van der Waals surface area contributed by atoms with Gasteiger partial charge in [-0.2, -0.15) is 0 Å². The molecule has 6 nitrogen and oxygen atoms in total. The van der Waals surface area contributed by atoms with Crippen LogP contribution < -0.4 is 10.2 Å². The zero-order valence-electron chi connectivity index (χ0n) is 12.1. The average molecular weight is 320 g/mol. The SMILES string of the molecule is CNCc1c(Sc2nnc(N(C)C)s2)nc2ccccn12. The van der Waals surface area contributed by atoms with Crippen molar-refractivity contribution in [3.8, 4) is 0 Å². The molecule has 0 aromatic carbocycles. The van der Waals surface area contributed by atoms with Crippen molar-refractivity contribution >= 4 is 33.9 Å². The highest BCUT2D eigenvalue weighted by atomic mass is 32.2. The minimum absolute atomic E-state index is 0.757. The maximum Gasteiger partial charge on any atom is 0.208 e. The average Bonchev–Trinajstić information content (AvgIpc) is 3.06. The molecule has 0 aliphatic heterocycles. The molecule has 21 heavy (non-hydrogen) atoms. The van der Waals surface area contributed by atoms with E-state index in [-0.39, 0.29) is 0 Å². The van der Waals surface area contributed by atoms with Crippen LogP contribution in [0.1, 0.15) is 5.69 Å². The molecule has 1 N–H and O–H groups in total. The lowest BCUT2D eigenvalue weighted by Gasteiger charge is -2.04. The van der Waals surface area contributed by atoms with E-state index in [1.165, 1.54) is 0 Å². The van der Waals surface area contributed by atoms with Crippen LogP contribution in [0.4, 0.5) is 5.13 Å². The largest absolute Gasteiger partial charge is 0.353 e. The highest BCUT2D eigenvalue weighted by Gasteiger charge is 2.15. The summed E-state index contributed by atoms with van der Waals surface area (Å²) in [5.74, 6) is 0. The van der Waals surface area contributed by atoms with E-state index < -0.39 is 0 Å². The molecule has 3 heterocycles. The number of hydrogen-bond donors (Lipinski definition) is 1. The van der Waals surface area contributed by atoms with Gasteiger partial charge in [-0.3, -0.25) is 0 Å². The number of hydrogen-bond acceptors (Lipinski definition) is 7. The predicted octanol–water partition coefficient (Wildman–Crippen LogP) is 2.12. The lowest BCUT2D eigenvalue weighted by Crippen LogP contribution is -2.08. The molecule has 8 heteroatoms. The first-order valence-corrected chi connectivity index (χ1v) is 8.11. The van der Waals surface area contributed by atoms with Crippen LogP contribution in [0.5, 0.6) is 0 Å². The first-order chi connectivity index (χ1) is 10.2. The van der Waals surface area contributed by atoms with Gasteiger partial charge in [-0.05, 0) is 30.9 Å². The van der Waals surface area contributed by atoms with Gasteiger partial charge in [0, 0.05) is 26.8 Å². The quantitative estimate of drug-likeness (QED) is 0.777. The van der Waals surface area contributed by atoms with Crippen molar-refractivity contribution in [2.45, 2.75) is 15.9 Å². The number of imidazole rings is 1. The lowest BCUT2D eigenvalue weighted by molar-refractivity contribution is 0.764. The van der Waals surface area contributed by atoms with Gasteiger partial charge in [-0.15, -0.1) is 10.2 Å². The highest BCUT2D eigenvalue weighted by molar-refractivity contribution is 8.01. The molecule has 0 bridgehead atoms. The smallest absolute Gasteiger partial charge is 0.208 e. The molecule has 0 amide bonds. The van der Waals surface area contributed by atoms with Crippen LogP contribution in [-0.2, 0) is 6.54 Å². The molecular weight excluding hydrogens is 304 g/mol. The number of anilines is 1. The Balaban J connectivity index is 1.96. The maximum atomic E-state index is 4.69. The summed E-state index contributed by atoms with van der Waals surface area (Å²) in [5, 5.41) is 13.5. The van der Waals surface area contributed by atoms with Crippen LogP contribution in [-0.4, -0.2) is 40.7 Å². The van der Waals surface area contributed by atoms with Crippen LogP contribution in [0.25, 0.3) is 5.65 Å². The third-order valence-electron chi connectivity index (χ3n) is 2.90. The van der Waals surface area contributed by atoms with Crippen LogP contribution in [0, 0.1) is 0 Å². The first kappa shape index (κ1) is 14.3. The molecule has 3 rings (SSSR count). The zero-order valence-corrected chi connectivity index (χ0v) is 13.7. The molecule has 0 radical (unpaired) electrons. The molecule has 3 aromatic rings. The first-order valence-electron chi connectivity index (χ1n) is 6.48. The van der Waals surface area contributed by atoms with E-state index in [2.05, 4.69) is 19.9 Å². The Kier molecular flexibility index (Phi) is 4.09. The Morgan fingerprint density at radius 2 is 2.19 bits per heavy atom. The molecule has 0 unspecified atom stereocenters. The Morgan fingerprint density at radius 1 is 1.33 bits per heavy atom. The fourth-order valence-corrected chi connectivity index (χ4v) is 3.75. The Labute approximate surface area is 131 Å². The molecular formula is C13H16N6S2. The number of nitrogens with zero attached hydrogens (tertiary/aromatic N) is 5. The number of pyridine rings is 1. The number of aromatic nitrogens is 4. The van der Waals surface area contributed by atoms with E-state index in [1.807, 2.05) is 50.4 Å². The Morgan fingerprint density at radius 3 is 2.90 bits per heavy atom. The molecule has 110 valence electrons. The van der Waals surface area contributed by atoms with Gasteiger partial charge in [-0.25, -0.2) is 4.98 Å². The molecule has 0 atom stereocenters. The summed E-state index contributed by atoms with van der Waals surface area (Å²) in [5.41, 5.74) is 2.09. The zero-order chi connectivity index (χ0) is 14.8. The number of rotatable bonds is 5. The van der Waals surface area contributed by atoms with E-state index in [0.29, 0.717) is 0 Å². The second-order valence-corrected chi connectivity index (χ2v) is 6.86. The molecule has 0 spiro atoms. The van der Waals surface area contributed by atoms with Crippen molar-refractivity contribution in [2.75, 3.05) is 26.0 Å². The summed E-state index contributed by atoms with van der Waals surface area (Å²) >= 11 is 3.13. The monoisotopic (exact) mass is 320 g/mol. The summed E-state index contributed by atoms with van der Waals surface area (Å²) in [6.07, 6.45) is 2.03. The molecule has 0 saturated carbocycles. The van der Waals surface area contributed by atoms with Gasteiger partial charge in [0.15, 0.2) is 4.34 Å². The summed E-state index contributed by atoms with van der Waals surface area (Å²) in [6, 6.07) is 6.01. The Hall–Kier alpha value is -1.64. The molecule has 0 fully saturated rings. The third kappa shape index (κ3) is 2.87. The van der Waals surface area contributed by atoms with Crippen LogP contribution >= 0.6 is 23.1 Å². The number of fused-ring (bicyclic) bond motifs is 1. The second-order valence-electron chi connectivity index (χ2n) is 4.67. The Bertz CT molecular complexity index is 748. The van der Waals surface area contributed by atoms with Crippen molar-refractivity contribution in [3.05, 3.63) is 30.1 Å². The van der Waals surface area contributed by atoms with Crippen LogP contribution in [0.3, 0.4) is 0 Å². The van der Waals surface area contributed by atoms with Gasteiger partial charge in [0.2, 0.25) is 5.13 Å². The second kappa shape index (κ2) is 6.00. The predicted molar refractivity (Wildman–Crippen MR) is 86.3 cm³/mol. The molecule has 0 saturated heterocycles. The van der Waals surface area contributed by atoms with Gasteiger partial charge >= 0.3 is 0 Å². The van der Waals surface area contributed by atoms with Crippen LogP contribution in [0.2, 0.25) is 0 Å². The van der Waals surface area contributed by atoms with Crippen molar-refractivity contribution in [1.82, 2.24) is 24.9 Å². The minimum atomic E-state index is 0.757. The minimum Gasteiger partial charge on any atom is -0.353 e. The third-order valence-corrected chi connectivity index (χ3v) is 5.06. The maximum absolute atomic E-state index is 4.69. The van der Waals surface area contributed by atoms with Crippen molar-refractivity contribution in [2.24, 2.45) is 0 Å². The van der Waals surface area contributed by atoms with Crippen LogP contribution in [0.15, 0.2) is 33.8 Å². The fourth-order valence-electron chi connectivity index (χ4n) is 1.94. The van der Waals surface area contributed by atoms with Gasteiger partial charge in [0.25, 0.3) is 0 Å². The normalized spacial score (nSPS) is 11.2. The molecule has 0 aliphatic carbocycles. The summed E-state index contributed by atoms with van der Waals surface area (Å²) in [4.78, 5) is 6.65. The van der Waals surface area contributed by atoms with E-state index >= 15 is 0 Å². The van der Waals surface area contributed by atoms with E-state index in [9.17, 15) is 0 Å². The van der Waals surface area contributed by atoms with E-state index in [4.69, 9.17) is 4.98 Å². The fraction of sp³-hybridized carbons (Fsp3) is 0.308. The van der Waals surface area contributed by atoms with Crippen molar-refractivity contribution < 1.29 is 0 Å². The lowest BCUT2D eigenvalue weighted by atomic mass is 10.4. The van der Waals surface area contributed by atoms with E-state index in [1.54, 1.807) is 23.1 Å². The summed E-state index contributed by atoms with van der Waals surface area (Å²) in [6.45, 7) is 0.757. The molecule has 3 aromatic heterocycles. The topological polar surface area (TPSA) is 58.4 Å². The standard InChI is InChI=1S/C13H16N6S2/c1-14-8-9-11(15-10-6-4-5-7-19(9)10)20-13-17-16-12(21-13)18(2)3/h4-7,14H,8H2,1-3H3. The van der Waals surface area contributed by atoms with Gasteiger partial charge in [0.1, 0.15) is 10.7 Å². The van der Waals surface area contributed by atoms with E-state index in [0.717, 1.165) is 32.4 Å². The van der Waals surface area contributed by atoms with Gasteiger partial charge in [-0.1, -0.05) is 17.4 Å². The summed E-state index contributed by atoms with van der Waals surface area (Å²) in [7, 11) is 5.87. The van der Waals surface area contributed by atoms with Crippen molar-refractivity contribution in [3.63, 3.8) is 0 Å².